The lowest BCUT2D eigenvalue weighted by atomic mass is 10.1. The maximum atomic E-state index is 11.1. The molecule has 0 bridgehead atoms. The van der Waals surface area contributed by atoms with Crippen molar-refractivity contribution in [1.82, 2.24) is 0 Å². The van der Waals surface area contributed by atoms with Crippen LogP contribution in [0.1, 0.15) is 29.8 Å². The van der Waals surface area contributed by atoms with E-state index >= 15 is 0 Å². The van der Waals surface area contributed by atoms with E-state index in [2.05, 4.69) is 16.6 Å². The standard InChI is InChI=1S/C13H12O4/c1-3-17-13(16)7-5-10-4-6-11(9(2)14)12(15)8-10/h4,6,8,15H,3H2,1-2H3. The number of phenols is 1. The van der Waals surface area contributed by atoms with Crippen molar-refractivity contribution in [1.29, 1.82) is 0 Å². The first-order chi connectivity index (χ1) is 8.04. The number of hydrogen-bond donors (Lipinski definition) is 1. The topological polar surface area (TPSA) is 63.6 Å². The molecule has 0 aromatic heterocycles. The zero-order chi connectivity index (χ0) is 12.8. The van der Waals surface area contributed by atoms with Gasteiger partial charge in [-0.15, -0.1) is 0 Å². The molecule has 4 heteroatoms. The molecule has 88 valence electrons. The summed E-state index contributed by atoms with van der Waals surface area (Å²) in [4.78, 5) is 22.0. The Bertz CT molecular complexity index is 506. The number of phenolic OH excluding ortho intramolecular Hbond substituents is 1. The molecule has 0 atom stereocenters. The van der Waals surface area contributed by atoms with Crippen LogP contribution in [0.15, 0.2) is 18.2 Å². The zero-order valence-corrected chi connectivity index (χ0v) is 9.61. The predicted octanol–water partition coefficient (Wildman–Crippen LogP) is 1.51. The average Bonchev–Trinajstić information content (AvgIpc) is 2.26. The van der Waals surface area contributed by atoms with Gasteiger partial charge in [0.25, 0.3) is 0 Å². The Balaban J connectivity index is 2.91. The van der Waals surface area contributed by atoms with Crippen LogP contribution in [0, 0.1) is 11.8 Å². The van der Waals surface area contributed by atoms with Gasteiger partial charge in [-0.25, -0.2) is 4.79 Å². The number of aromatic hydroxyl groups is 1. The predicted molar refractivity (Wildman–Crippen MR) is 61.6 cm³/mol. The van der Waals surface area contributed by atoms with Crippen molar-refractivity contribution in [3.63, 3.8) is 0 Å². The van der Waals surface area contributed by atoms with Crippen LogP contribution in [0.2, 0.25) is 0 Å². The van der Waals surface area contributed by atoms with Crippen LogP contribution in [0.3, 0.4) is 0 Å². The van der Waals surface area contributed by atoms with E-state index in [0.29, 0.717) is 5.56 Å². The molecule has 0 saturated carbocycles. The Labute approximate surface area is 99.2 Å². The van der Waals surface area contributed by atoms with Gasteiger partial charge < -0.3 is 9.84 Å². The maximum Gasteiger partial charge on any atom is 0.384 e. The SMILES string of the molecule is CCOC(=O)C#Cc1ccc(C(C)=O)c(O)c1. The third kappa shape index (κ3) is 3.65. The van der Waals surface area contributed by atoms with E-state index in [1.807, 2.05) is 0 Å². The molecule has 17 heavy (non-hydrogen) atoms. The van der Waals surface area contributed by atoms with Crippen LogP contribution in [-0.4, -0.2) is 23.5 Å². The minimum atomic E-state index is -0.623. The van der Waals surface area contributed by atoms with Crippen molar-refractivity contribution in [2.45, 2.75) is 13.8 Å². The largest absolute Gasteiger partial charge is 0.507 e. The van der Waals surface area contributed by atoms with Gasteiger partial charge in [0, 0.05) is 11.5 Å². The molecule has 0 amide bonds. The summed E-state index contributed by atoms with van der Waals surface area (Å²) in [5.41, 5.74) is 0.673. The van der Waals surface area contributed by atoms with Crippen molar-refractivity contribution in [2.24, 2.45) is 0 Å². The number of carbonyl (C=O) groups is 2. The van der Waals surface area contributed by atoms with Gasteiger partial charge in [-0.2, -0.15) is 0 Å². The highest BCUT2D eigenvalue weighted by atomic mass is 16.5. The summed E-state index contributed by atoms with van der Waals surface area (Å²) in [6, 6.07) is 4.36. The van der Waals surface area contributed by atoms with Crippen molar-refractivity contribution in [3.05, 3.63) is 29.3 Å². The van der Waals surface area contributed by atoms with E-state index in [4.69, 9.17) is 0 Å². The second kappa shape index (κ2) is 5.71. The number of ketones is 1. The number of esters is 1. The quantitative estimate of drug-likeness (QED) is 0.477. The number of Topliss-reactive ketones (excluding diaryl/α,β-unsaturated/α-hetero) is 1. The molecule has 0 aliphatic rings. The molecule has 0 saturated heterocycles. The molecule has 0 unspecified atom stereocenters. The smallest absolute Gasteiger partial charge is 0.384 e. The lowest BCUT2D eigenvalue weighted by molar-refractivity contribution is -0.136. The van der Waals surface area contributed by atoms with Crippen molar-refractivity contribution in [2.75, 3.05) is 6.61 Å². The van der Waals surface area contributed by atoms with Crippen molar-refractivity contribution >= 4 is 11.8 Å². The van der Waals surface area contributed by atoms with Crippen LogP contribution in [0.5, 0.6) is 5.75 Å². The summed E-state index contributed by atoms with van der Waals surface area (Å²) in [7, 11) is 0. The van der Waals surface area contributed by atoms with E-state index in [1.165, 1.54) is 19.1 Å². The summed E-state index contributed by atoms with van der Waals surface area (Å²) in [5.74, 6) is 3.81. The molecule has 1 N–H and O–H groups in total. The number of carbonyl (C=O) groups excluding carboxylic acids is 2. The van der Waals surface area contributed by atoms with Crippen LogP contribution in [-0.2, 0) is 9.53 Å². The monoisotopic (exact) mass is 232 g/mol. The third-order valence-electron chi connectivity index (χ3n) is 1.96. The second-order valence-corrected chi connectivity index (χ2v) is 3.26. The highest BCUT2D eigenvalue weighted by Crippen LogP contribution is 2.18. The first-order valence-electron chi connectivity index (χ1n) is 5.07. The summed E-state index contributed by atoms with van der Waals surface area (Å²) in [6.45, 7) is 3.31. The second-order valence-electron chi connectivity index (χ2n) is 3.26. The fourth-order valence-corrected chi connectivity index (χ4v) is 1.20. The number of benzene rings is 1. The minimum absolute atomic E-state index is 0.145. The molecule has 0 spiro atoms. The molecule has 4 nitrogen and oxygen atoms in total. The number of hydrogen-bond acceptors (Lipinski definition) is 4. The van der Waals surface area contributed by atoms with Gasteiger partial charge in [0.2, 0.25) is 0 Å². The van der Waals surface area contributed by atoms with Gasteiger partial charge in [0.1, 0.15) is 5.75 Å². The molecular formula is C13H12O4. The molecular weight excluding hydrogens is 220 g/mol. The molecule has 0 aliphatic heterocycles. The summed E-state index contributed by atoms with van der Waals surface area (Å²) in [6.07, 6.45) is 0. The molecule has 1 rings (SSSR count). The van der Waals surface area contributed by atoms with Crippen LogP contribution in [0.25, 0.3) is 0 Å². The van der Waals surface area contributed by atoms with E-state index in [0.717, 1.165) is 0 Å². The van der Waals surface area contributed by atoms with E-state index in [1.54, 1.807) is 13.0 Å². The van der Waals surface area contributed by atoms with Crippen molar-refractivity contribution in [3.8, 4) is 17.6 Å². The number of ether oxygens (including phenoxy) is 1. The van der Waals surface area contributed by atoms with Crippen LogP contribution < -0.4 is 0 Å². The lowest BCUT2D eigenvalue weighted by Gasteiger charge is -2.00. The first kappa shape index (κ1) is 12.8. The van der Waals surface area contributed by atoms with Gasteiger partial charge in [-0.1, -0.05) is 5.92 Å². The Morgan fingerprint density at radius 1 is 1.41 bits per heavy atom. The van der Waals surface area contributed by atoms with Crippen LogP contribution >= 0.6 is 0 Å². The fraction of sp³-hybridized carbons (Fsp3) is 0.231. The molecule has 0 aliphatic carbocycles. The van der Waals surface area contributed by atoms with Gasteiger partial charge in [0.05, 0.1) is 12.2 Å². The first-order valence-corrected chi connectivity index (χ1v) is 5.07. The lowest BCUT2D eigenvalue weighted by Crippen LogP contribution is -1.99. The number of rotatable bonds is 2. The van der Waals surface area contributed by atoms with Gasteiger partial charge >= 0.3 is 5.97 Å². The van der Waals surface area contributed by atoms with E-state index in [-0.39, 0.29) is 23.7 Å². The van der Waals surface area contributed by atoms with Gasteiger partial charge in [0.15, 0.2) is 5.78 Å². The molecule has 1 aromatic rings. The van der Waals surface area contributed by atoms with Gasteiger partial charge in [-0.3, -0.25) is 4.79 Å². The Morgan fingerprint density at radius 3 is 2.65 bits per heavy atom. The van der Waals surface area contributed by atoms with Gasteiger partial charge in [-0.05, 0) is 32.0 Å². The maximum absolute atomic E-state index is 11.1. The molecule has 0 radical (unpaired) electrons. The highest BCUT2D eigenvalue weighted by Gasteiger charge is 2.05. The Morgan fingerprint density at radius 2 is 2.12 bits per heavy atom. The van der Waals surface area contributed by atoms with E-state index in [9.17, 15) is 14.7 Å². The zero-order valence-electron chi connectivity index (χ0n) is 9.61. The third-order valence-corrected chi connectivity index (χ3v) is 1.96. The molecule has 0 heterocycles. The summed E-state index contributed by atoms with van der Waals surface area (Å²) < 4.78 is 4.63. The van der Waals surface area contributed by atoms with Crippen molar-refractivity contribution < 1.29 is 19.4 Å². The minimum Gasteiger partial charge on any atom is -0.507 e. The average molecular weight is 232 g/mol. The molecule has 0 fully saturated rings. The Kier molecular flexibility index (Phi) is 4.29. The molecule has 1 aromatic carbocycles. The fourth-order valence-electron chi connectivity index (χ4n) is 1.20. The van der Waals surface area contributed by atoms with E-state index < -0.39 is 5.97 Å². The van der Waals surface area contributed by atoms with Crippen LogP contribution in [0.4, 0.5) is 0 Å². The summed E-state index contributed by atoms with van der Waals surface area (Å²) >= 11 is 0. The summed E-state index contributed by atoms with van der Waals surface area (Å²) in [5, 5.41) is 9.53. The Hall–Kier alpha value is -2.28. The normalized spacial score (nSPS) is 9.06. The highest BCUT2D eigenvalue weighted by molar-refractivity contribution is 5.97.